The first-order valence-electron chi connectivity index (χ1n) is 11.1. The van der Waals surface area contributed by atoms with Gasteiger partial charge in [0.05, 0.1) is 23.9 Å². The summed E-state index contributed by atoms with van der Waals surface area (Å²) in [4.78, 5) is 16.1. The second-order valence-electron chi connectivity index (χ2n) is 7.99. The molecule has 0 radical (unpaired) electrons. The number of aryl methyl sites for hydroxylation is 1. The van der Waals surface area contributed by atoms with Gasteiger partial charge < -0.3 is 9.47 Å². The minimum absolute atomic E-state index is 0.307. The van der Waals surface area contributed by atoms with E-state index in [4.69, 9.17) is 14.5 Å². The number of carbonyl (C=O) groups excluding carboxylic acids is 1. The Morgan fingerprint density at radius 1 is 0.969 bits per heavy atom. The lowest BCUT2D eigenvalue weighted by Crippen LogP contribution is -2.06. The summed E-state index contributed by atoms with van der Waals surface area (Å²) >= 11 is 1.70. The number of hydrogen-bond donors (Lipinski definition) is 0. The Bertz CT molecular complexity index is 1010. The monoisotopic (exact) mass is 449 g/mol. The molecule has 3 rings (SSSR count). The summed E-state index contributed by atoms with van der Waals surface area (Å²) in [6, 6.07) is 16.8. The molecule has 1 heterocycles. The normalized spacial score (nSPS) is 10.7. The molecule has 0 amide bonds. The van der Waals surface area contributed by atoms with Crippen molar-refractivity contribution in [2.75, 3.05) is 13.2 Å². The zero-order chi connectivity index (χ0) is 22.8. The van der Waals surface area contributed by atoms with Gasteiger partial charge in [-0.05, 0) is 57.2 Å². The molecule has 0 saturated heterocycles. The Hall–Kier alpha value is -2.92. The number of ether oxygens (including phenoxy) is 2. The van der Waals surface area contributed by atoms with Crippen molar-refractivity contribution in [3.63, 3.8) is 0 Å². The van der Waals surface area contributed by atoms with Gasteiger partial charge in [-0.15, -0.1) is 11.3 Å². The minimum Gasteiger partial charge on any atom is -0.494 e. The molecule has 0 atom stereocenters. The van der Waals surface area contributed by atoms with E-state index in [-0.39, 0.29) is 5.97 Å². The van der Waals surface area contributed by atoms with Crippen LogP contribution in [0.4, 0.5) is 0 Å². The largest absolute Gasteiger partial charge is 0.494 e. The number of rotatable bonds is 12. The maximum Gasteiger partial charge on any atom is 0.333 e. The maximum absolute atomic E-state index is 11.3. The molecular formula is C27H31NO3S. The van der Waals surface area contributed by atoms with Gasteiger partial charge in [0.1, 0.15) is 5.75 Å². The molecule has 0 unspecified atom stereocenters. The van der Waals surface area contributed by atoms with Gasteiger partial charge in [0.15, 0.2) is 0 Å². The molecule has 0 fully saturated rings. The van der Waals surface area contributed by atoms with E-state index in [1.54, 1.807) is 18.3 Å². The Kier molecular flexibility index (Phi) is 9.05. The van der Waals surface area contributed by atoms with Gasteiger partial charge in [-0.25, -0.2) is 9.78 Å². The highest BCUT2D eigenvalue weighted by Gasteiger charge is 2.06. The molecular weight excluding hydrogens is 418 g/mol. The van der Waals surface area contributed by atoms with Gasteiger partial charge in [-0.1, -0.05) is 48.5 Å². The number of benzene rings is 2. The van der Waals surface area contributed by atoms with Crippen LogP contribution in [0.1, 0.15) is 48.7 Å². The van der Waals surface area contributed by atoms with Crippen LogP contribution in [-0.4, -0.2) is 24.2 Å². The predicted octanol–water partition coefficient (Wildman–Crippen LogP) is 6.77. The van der Waals surface area contributed by atoms with Crippen LogP contribution in [0.3, 0.4) is 0 Å². The third-order valence-corrected chi connectivity index (χ3v) is 5.92. The maximum atomic E-state index is 11.3. The van der Waals surface area contributed by atoms with E-state index in [0.717, 1.165) is 54.1 Å². The summed E-state index contributed by atoms with van der Waals surface area (Å²) < 4.78 is 10.9. The van der Waals surface area contributed by atoms with Crippen LogP contribution in [0.25, 0.3) is 11.3 Å². The van der Waals surface area contributed by atoms with Gasteiger partial charge in [-0.3, -0.25) is 0 Å². The van der Waals surface area contributed by atoms with Crippen LogP contribution in [0, 0.1) is 6.92 Å². The van der Waals surface area contributed by atoms with Crippen molar-refractivity contribution in [3.05, 3.63) is 82.2 Å². The second kappa shape index (κ2) is 12.2. The SMILES string of the molecule is C=C(C)C(=O)OCCCCCCOc1ccc(Cc2nc(-c3ccc(C)cc3)cs2)cc1. The average Bonchev–Trinajstić information content (AvgIpc) is 3.25. The highest BCUT2D eigenvalue weighted by molar-refractivity contribution is 7.10. The smallest absolute Gasteiger partial charge is 0.333 e. The number of carbonyl (C=O) groups is 1. The molecule has 5 heteroatoms. The van der Waals surface area contributed by atoms with E-state index in [1.807, 2.05) is 12.1 Å². The quantitative estimate of drug-likeness (QED) is 0.174. The molecule has 168 valence electrons. The molecule has 4 nitrogen and oxygen atoms in total. The summed E-state index contributed by atoms with van der Waals surface area (Å²) in [6.07, 6.45) is 4.75. The Labute approximate surface area is 194 Å². The number of aromatic nitrogens is 1. The lowest BCUT2D eigenvalue weighted by Gasteiger charge is -2.07. The van der Waals surface area contributed by atoms with Gasteiger partial charge in [-0.2, -0.15) is 0 Å². The van der Waals surface area contributed by atoms with Crippen LogP contribution in [0.15, 0.2) is 66.1 Å². The van der Waals surface area contributed by atoms with Crippen molar-refractivity contribution >= 4 is 17.3 Å². The van der Waals surface area contributed by atoms with Crippen LogP contribution in [-0.2, 0) is 16.0 Å². The molecule has 3 aromatic rings. The fraction of sp³-hybridized carbons (Fsp3) is 0.333. The topological polar surface area (TPSA) is 48.4 Å². The predicted molar refractivity (Wildman–Crippen MR) is 131 cm³/mol. The highest BCUT2D eigenvalue weighted by Crippen LogP contribution is 2.24. The van der Waals surface area contributed by atoms with Crippen molar-refractivity contribution in [2.45, 2.75) is 46.0 Å². The second-order valence-corrected chi connectivity index (χ2v) is 8.93. The third kappa shape index (κ3) is 7.65. The van der Waals surface area contributed by atoms with Crippen molar-refractivity contribution in [1.82, 2.24) is 4.98 Å². The van der Waals surface area contributed by atoms with E-state index >= 15 is 0 Å². The Morgan fingerprint density at radius 2 is 1.66 bits per heavy atom. The summed E-state index contributed by atoms with van der Waals surface area (Å²) in [5.41, 5.74) is 5.14. The first-order chi connectivity index (χ1) is 15.5. The molecule has 0 saturated carbocycles. The van der Waals surface area contributed by atoms with Gasteiger partial charge in [0.25, 0.3) is 0 Å². The Morgan fingerprint density at radius 3 is 2.34 bits per heavy atom. The fourth-order valence-corrected chi connectivity index (χ4v) is 4.00. The molecule has 0 bridgehead atoms. The fourth-order valence-electron chi connectivity index (χ4n) is 3.16. The number of thiazole rings is 1. The number of hydrogen-bond acceptors (Lipinski definition) is 5. The van der Waals surface area contributed by atoms with Crippen LogP contribution in [0.2, 0.25) is 0 Å². The molecule has 0 aliphatic carbocycles. The zero-order valence-corrected chi connectivity index (χ0v) is 19.7. The van der Waals surface area contributed by atoms with Crippen molar-refractivity contribution < 1.29 is 14.3 Å². The molecule has 2 aromatic carbocycles. The zero-order valence-electron chi connectivity index (χ0n) is 18.9. The molecule has 32 heavy (non-hydrogen) atoms. The lowest BCUT2D eigenvalue weighted by atomic mass is 10.1. The summed E-state index contributed by atoms with van der Waals surface area (Å²) in [5, 5.41) is 3.24. The van der Waals surface area contributed by atoms with Crippen LogP contribution < -0.4 is 4.74 Å². The number of unbranched alkanes of at least 4 members (excludes halogenated alkanes) is 3. The van der Waals surface area contributed by atoms with Crippen molar-refractivity contribution in [3.8, 4) is 17.0 Å². The summed E-state index contributed by atoms with van der Waals surface area (Å²) in [6.45, 7) is 8.47. The van der Waals surface area contributed by atoms with Crippen LogP contribution >= 0.6 is 11.3 Å². The first-order valence-corrected chi connectivity index (χ1v) is 11.9. The van der Waals surface area contributed by atoms with Crippen LogP contribution in [0.5, 0.6) is 5.75 Å². The lowest BCUT2D eigenvalue weighted by molar-refractivity contribution is -0.139. The summed E-state index contributed by atoms with van der Waals surface area (Å²) in [5.74, 6) is 0.585. The third-order valence-electron chi connectivity index (χ3n) is 5.07. The highest BCUT2D eigenvalue weighted by atomic mass is 32.1. The molecule has 1 aromatic heterocycles. The summed E-state index contributed by atoms with van der Waals surface area (Å²) in [7, 11) is 0. The van der Waals surface area contributed by atoms with Gasteiger partial charge in [0, 0.05) is 22.9 Å². The van der Waals surface area contributed by atoms with E-state index in [2.05, 4.69) is 55.3 Å². The van der Waals surface area contributed by atoms with E-state index < -0.39 is 0 Å². The van der Waals surface area contributed by atoms with E-state index in [0.29, 0.717) is 18.8 Å². The standard InChI is InChI=1S/C27H31NO3S/c1-20(2)27(29)31-17-7-5-4-6-16-30-24-14-10-22(11-15-24)18-26-28-25(19-32-26)23-12-8-21(3)9-13-23/h8-15,19H,1,4-7,16-18H2,2-3H3. The number of esters is 1. The Balaban J connectivity index is 1.34. The molecule has 0 spiro atoms. The molecule has 0 aliphatic rings. The van der Waals surface area contributed by atoms with Gasteiger partial charge in [0.2, 0.25) is 0 Å². The molecule has 0 aliphatic heterocycles. The average molecular weight is 450 g/mol. The van der Waals surface area contributed by atoms with Gasteiger partial charge >= 0.3 is 5.97 Å². The first kappa shape index (κ1) is 23.7. The van der Waals surface area contributed by atoms with Crippen molar-refractivity contribution in [1.29, 1.82) is 0 Å². The van der Waals surface area contributed by atoms with E-state index in [1.165, 1.54) is 11.1 Å². The number of nitrogens with zero attached hydrogens (tertiary/aromatic N) is 1. The molecule has 0 N–H and O–H groups in total. The van der Waals surface area contributed by atoms with Crippen molar-refractivity contribution in [2.24, 2.45) is 0 Å². The van der Waals surface area contributed by atoms with E-state index in [9.17, 15) is 4.79 Å². The minimum atomic E-state index is -0.307.